The van der Waals surface area contributed by atoms with Crippen molar-refractivity contribution in [1.29, 1.82) is 0 Å². The number of hydrogen-bond acceptors (Lipinski definition) is 5. The standard InChI is InChI=1S/C20H19Cl2N3O2S/c1-25-19(8-5-11-27-18-10-9-15(21)12-16(18)22)23-24-20(25)28-13-17(26)14-6-3-2-4-7-14/h2-4,6-7,9-10,12H,5,8,11,13H2,1H3. The summed E-state index contributed by atoms with van der Waals surface area (Å²) in [5.41, 5.74) is 0.704. The van der Waals surface area contributed by atoms with Gasteiger partial charge in [0.1, 0.15) is 11.6 Å². The number of aryl methyl sites for hydroxylation is 1. The third-order valence-corrected chi connectivity index (χ3v) is 5.60. The highest BCUT2D eigenvalue weighted by Crippen LogP contribution is 2.27. The average molecular weight is 436 g/mol. The Kier molecular flexibility index (Phi) is 7.36. The van der Waals surface area contributed by atoms with Gasteiger partial charge in [-0.25, -0.2) is 0 Å². The molecule has 0 saturated carbocycles. The molecule has 8 heteroatoms. The molecule has 0 aliphatic rings. The minimum absolute atomic E-state index is 0.0726. The van der Waals surface area contributed by atoms with E-state index in [9.17, 15) is 4.79 Å². The number of carbonyl (C=O) groups is 1. The molecule has 0 saturated heterocycles. The second-order valence-electron chi connectivity index (χ2n) is 6.06. The summed E-state index contributed by atoms with van der Waals surface area (Å²) in [5, 5.41) is 10.2. The van der Waals surface area contributed by atoms with Crippen molar-refractivity contribution in [2.75, 3.05) is 12.4 Å². The van der Waals surface area contributed by atoms with Crippen molar-refractivity contribution < 1.29 is 9.53 Å². The van der Waals surface area contributed by atoms with Crippen LogP contribution >= 0.6 is 35.0 Å². The summed E-state index contributed by atoms with van der Waals surface area (Å²) in [6.45, 7) is 0.503. The molecule has 3 rings (SSSR count). The monoisotopic (exact) mass is 435 g/mol. The van der Waals surface area contributed by atoms with E-state index in [1.54, 1.807) is 18.2 Å². The van der Waals surface area contributed by atoms with Crippen LogP contribution in [0, 0.1) is 0 Å². The molecule has 3 aromatic rings. The molecule has 0 radical (unpaired) electrons. The lowest BCUT2D eigenvalue weighted by Gasteiger charge is -2.08. The fourth-order valence-electron chi connectivity index (χ4n) is 2.53. The van der Waals surface area contributed by atoms with Crippen molar-refractivity contribution in [2.24, 2.45) is 7.05 Å². The molecule has 2 aromatic carbocycles. The summed E-state index contributed by atoms with van der Waals surface area (Å²) in [4.78, 5) is 12.2. The summed E-state index contributed by atoms with van der Waals surface area (Å²) in [6.07, 6.45) is 1.47. The topological polar surface area (TPSA) is 57.0 Å². The number of halogens is 2. The van der Waals surface area contributed by atoms with Crippen molar-refractivity contribution in [3.63, 3.8) is 0 Å². The molecule has 0 bridgehead atoms. The molecule has 0 spiro atoms. The Morgan fingerprint density at radius 2 is 1.93 bits per heavy atom. The third kappa shape index (κ3) is 5.50. The highest BCUT2D eigenvalue weighted by atomic mass is 35.5. The summed E-state index contributed by atoms with van der Waals surface area (Å²) in [5.74, 6) is 1.86. The molecule has 1 heterocycles. The molecule has 5 nitrogen and oxygen atoms in total. The number of rotatable bonds is 9. The first kappa shape index (κ1) is 20.7. The van der Waals surface area contributed by atoms with Gasteiger partial charge in [-0.1, -0.05) is 65.3 Å². The van der Waals surface area contributed by atoms with Gasteiger partial charge in [0.15, 0.2) is 10.9 Å². The Labute approximate surface area is 178 Å². The zero-order valence-corrected chi connectivity index (χ0v) is 17.6. The smallest absolute Gasteiger partial charge is 0.191 e. The fraction of sp³-hybridized carbons (Fsp3) is 0.250. The lowest BCUT2D eigenvalue weighted by Crippen LogP contribution is -2.06. The van der Waals surface area contributed by atoms with Crippen LogP contribution in [0.5, 0.6) is 5.75 Å². The van der Waals surface area contributed by atoms with E-state index in [1.165, 1.54) is 11.8 Å². The number of benzene rings is 2. The van der Waals surface area contributed by atoms with E-state index in [2.05, 4.69) is 10.2 Å². The lowest BCUT2D eigenvalue weighted by atomic mass is 10.2. The van der Waals surface area contributed by atoms with Crippen LogP contribution in [-0.2, 0) is 13.5 Å². The zero-order valence-electron chi connectivity index (χ0n) is 15.3. The van der Waals surface area contributed by atoms with E-state index < -0.39 is 0 Å². The van der Waals surface area contributed by atoms with Crippen LogP contribution in [0.3, 0.4) is 0 Å². The van der Waals surface area contributed by atoms with Gasteiger partial charge in [0.2, 0.25) is 0 Å². The van der Waals surface area contributed by atoms with Crippen LogP contribution in [0.1, 0.15) is 22.6 Å². The van der Waals surface area contributed by atoms with Crippen molar-refractivity contribution in [2.45, 2.75) is 18.0 Å². The predicted molar refractivity (Wildman–Crippen MR) is 113 cm³/mol. The van der Waals surface area contributed by atoms with E-state index in [-0.39, 0.29) is 5.78 Å². The number of carbonyl (C=O) groups excluding carboxylic acids is 1. The maximum absolute atomic E-state index is 12.2. The van der Waals surface area contributed by atoms with E-state index in [0.717, 1.165) is 17.4 Å². The Morgan fingerprint density at radius 3 is 2.68 bits per heavy atom. The van der Waals surface area contributed by atoms with E-state index in [1.807, 2.05) is 41.9 Å². The van der Waals surface area contributed by atoms with Gasteiger partial charge < -0.3 is 9.30 Å². The average Bonchev–Trinajstić information content (AvgIpc) is 3.05. The summed E-state index contributed by atoms with van der Waals surface area (Å²) in [7, 11) is 1.90. The molecule has 0 unspecified atom stereocenters. The van der Waals surface area contributed by atoms with Crippen molar-refractivity contribution in [3.05, 3.63) is 70.0 Å². The van der Waals surface area contributed by atoms with Gasteiger partial charge in [0.25, 0.3) is 0 Å². The summed E-state index contributed by atoms with van der Waals surface area (Å²) < 4.78 is 7.61. The van der Waals surface area contributed by atoms with Gasteiger partial charge in [0, 0.05) is 24.1 Å². The number of ether oxygens (including phenoxy) is 1. The largest absolute Gasteiger partial charge is 0.492 e. The number of Topliss-reactive ketones (excluding diaryl/α,β-unsaturated/α-hetero) is 1. The Hall–Kier alpha value is -2.02. The molecule has 0 amide bonds. The molecular formula is C20H19Cl2N3O2S. The summed E-state index contributed by atoms with van der Waals surface area (Å²) in [6, 6.07) is 14.4. The minimum atomic E-state index is 0.0726. The van der Waals surface area contributed by atoms with Crippen molar-refractivity contribution in [3.8, 4) is 5.75 Å². The van der Waals surface area contributed by atoms with E-state index >= 15 is 0 Å². The van der Waals surface area contributed by atoms with Crippen molar-refractivity contribution >= 4 is 40.7 Å². The van der Waals surface area contributed by atoms with Crippen LogP contribution in [0.15, 0.2) is 53.7 Å². The lowest BCUT2D eigenvalue weighted by molar-refractivity contribution is 0.102. The molecule has 0 N–H and O–H groups in total. The van der Waals surface area contributed by atoms with Crippen molar-refractivity contribution in [1.82, 2.24) is 14.8 Å². The molecular weight excluding hydrogens is 417 g/mol. The van der Waals surface area contributed by atoms with Gasteiger partial charge in [-0.15, -0.1) is 10.2 Å². The predicted octanol–water partition coefficient (Wildman–Crippen LogP) is 5.11. The molecule has 28 heavy (non-hydrogen) atoms. The van der Waals surface area contributed by atoms with Gasteiger partial charge in [-0.2, -0.15) is 0 Å². The number of thioether (sulfide) groups is 1. The highest BCUT2D eigenvalue weighted by molar-refractivity contribution is 7.99. The first-order chi connectivity index (χ1) is 13.5. The van der Waals surface area contributed by atoms with Crippen LogP contribution in [0.4, 0.5) is 0 Å². The van der Waals surface area contributed by atoms with Gasteiger partial charge in [0.05, 0.1) is 17.4 Å². The van der Waals surface area contributed by atoms with E-state index in [0.29, 0.717) is 40.1 Å². The molecule has 0 aliphatic heterocycles. The SMILES string of the molecule is Cn1c(CCCOc2ccc(Cl)cc2Cl)nnc1SCC(=O)c1ccccc1. The maximum atomic E-state index is 12.2. The Bertz CT molecular complexity index is 948. The zero-order chi connectivity index (χ0) is 19.9. The van der Waals surface area contributed by atoms with Crippen LogP contribution < -0.4 is 4.74 Å². The fourth-order valence-corrected chi connectivity index (χ4v) is 3.82. The number of hydrogen-bond donors (Lipinski definition) is 0. The third-order valence-electron chi connectivity index (χ3n) is 4.05. The number of aromatic nitrogens is 3. The number of nitrogens with zero attached hydrogens (tertiary/aromatic N) is 3. The Balaban J connectivity index is 1.47. The maximum Gasteiger partial charge on any atom is 0.191 e. The van der Waals surface area contributed by atoms with E-state index in [4.69, 9.17) is 27.9 Å². The van der Waals surface area contributed by atoms with Gasteiger partial charge in [-0.3, -0.25) is 4.79 Å². The van der Waals surface area contributed by atoms with Gasteiger partial charge >= 0.3 is 0 Å². The van der Waals surface area contributed by atoms with Gasteiger partial charge in [-0.05, 0) is 24.6 Å². The molecule has 0 aliphatic carbocycles. The Morgan fingerprint density at radius 1 is 1.14 bits per heavy atom. The first-order valence-electron chi connectivity index (χ1n) is 8.72. The second-order valence-corrected chi connectivity index (χ2v) is 7.85. The molecule has 1 aromatic heterocycles. The first-order valence-corrected chi connectivity index (χ1v) is 10.5. The molecule has 0 fully saturated rings. The molecule has 0 atom stereocenters. The normalized spacial score (nSPS) is 10.8. The summed E-state index contributed by atoms with van der Waals surface area (Å²) >= 11 is 13.4. The van der Waals surface area contributed by atoms with Crippen LogP contribution in [-0.4, -0.2) is 32.9 Å². The quantitative estimate of drug-likeness (QED) is 0.265. The number of ketones is 1. The molecule has 146 valence electrons. The van der Waals surface area contributed by atoms with Crippen LogP contribution in [0.2, 0.25) is 10.0 Å². The minimum Gasteiger partial charge on any atom is -0.492 e. The second kappa shape index (κ2) is 9.96. The van der Waals surface area contributed by atoms with Crippen LogP contribution in [0.25, 0.3) is 0 Å². The highest BCUT2D eigenvalue weighted by Gasteiger charge is 2.12.